The normalized spacial score (nSPS) is 20.0. The second-order valence-electron chi connectivity index (χ2n) is 7.43. The van der Waals surface area contributed by atoms with Crippen LogP contribution in [0.5, 0.6) is 0 Å². The molecule has 0 bridgehead atoms. The van der Waals surface area contributed by atoms with Crippen molar-refractivity contribution in [3.05, 3.63) is 17.2 Å². The number of hydrogen-bond donors (Lipinski definition) is 1. The molecular formula is C17H29N3O. The lowest BCUT2D eigenvalue weighted by atomic mass is 9.95. The number of ether oxygens (including phenoxy) is 1. The molecule has 21 heavy (non-hydrogen) atoms. The average molecular weight is 291 g/mol. The molecule has 1 aliphatic heterocycles. The Hall–Kier alpha value is -0.870. The monoisotopic (exact) mass is 291 g/mol. The Bertz CT molecular complexity index is 481. The molecule has 0 aromatic carbocycles. The van der Waals surface area contributed by atoms with Gasteiger partial charge in [-0.1, -0.05) is 33.6 Å². The van der Waals surface area contributed by atoms with Crippen LogP contribution in [0.25, 0.3) is 0 Å². The number of hydrogen-bond acceptors (Lipinski definition) is 3. The van der Waals surface area contributed by atoms with E-state index in [1.54, 1.807) is 0 Å². The second kappa shape index (κ2) is 6.09. The smallest absolute Gasteiger partial charge is 0.114 e. The van der Waals surface area contributed by atoms with E-state index in [0.717, 1.165) is 32.7 Å². The maximum Gasteiger partial charge on any atom is 0.114 e. The number of nitrogens with zero attached hydrogens (tertiary/aromatic N) is 2. The summed E-state index contributed by atoms with van der Waals surface area (Å²) in [6, 6.07) is 0. The van der Waals surface area contributed by atoms with Crippen molar-refractivity contribution in [3.8, 4) is 0 Å². The lowest BCUT2D eigenvalue weighted by Gasteiger charge is -2.22. The topological polar surface area (TPSA) is 39.1 Å². The zero-order valence-corrected chi connectivity index (χ0v) is 13.7. The lowest BCUT2D eigenvalue weighted by molar-refractivity contribution is 0.0519. The van der Waals surface area contributed by atoms with E-state index in [4.69, 9.17) is 9.72 Å². The van der Waals surface area contributed by atoms with E-state index >= 15 is 0 Å². The Balaban J connectivity index is 1.73. The fraction of sp³-hybridized carbons (Fsp3) is 0.824. The largest absolute Gasteiger partial charge is 0.376 e. The third-order valence-electron chi connectivity index (χ3n) is 4.63. The lowest BCUT2D eigenvalue weighted by Crippen LogP contribution is -2.26. The van der Waals surface area contributed by atoms with E-state index in [1.807, 2.05) is 0 Å². The fourth-order valence-corrected chi connectivity index (χ4v) is 3.55. The van der Waals surface area contributed by atoms with Gasteiger partial charge in [0, 0.05) is 37.2 Å². The van der Waals surface area contributed by atoms with Crippen LogP contribution >= 0.6 is 0 Å². The number of imidazole rings is 1. The van der Waals surface area contributed by atoms with Crippen LogP contribution in [0.3, 0.4) is 0 Å². The molecule has 1 aromatic heterocycles. The molecule has 4 heteroatoms. The number of fused-ring (bicyclic) bond motifs is 1. The zero-order valence-electron chi connectivity index (χ0n) is 13.7. The molecule has 1 aromatic rings. The van der Waals surface area contributed by atoms with Crippen molar-refractivity contribution in [2.45, 2.75) is 77.5 Å². The van der Waals surface area contributed by atoms with Gasteiger partial charge in [0.25, 0.3) is 0 Å². The van der Waals surface area contributed by atoms with Gasteiger partial charge in [-0.3, -0.25) is 0 Å². The van der Waals surface area contributed by atoms with Gasteiger partial charge in [-0.25, -0.2) is 4.98 Å². The third-order valence-corrected chi connectivity index (χ3v) is 4.63. The summed E-state index contributed by atoms with van der Waals surface area (Å²) in [5, 5.41) is 3.43. The summed E-state index contributed by atoms with van der Waals surface area (Å²) in [6.07, 6.45) is 6.76. The van der Waals surface area contributed by atoms with Crippen LogP contribution in [0.15, 0.2) is 0 Å². The summed E-state index contributed by atoms with van der Waals surface area (Å²) in [7, 11) is 0. The Labute approximate surface area is 128 Å². The molecule has 0 unspecified atom stereocenters. The van der Waals surface area contributed by atoms with Crippen LogP contribution in [0.2, 0.25) is 0 Å². The highest BCUT2D eigenvalue weighted by Gasteiger charge is 2.27. The quantitative estimate of drug-likeness (QED) is 0.927. The van der Waals surface area contributed by atoms with Gasteiger partial charge in [-0.05, 0) is 12.8 Å². The van der Waals surface area contributed by atoms with Gasteiger partial charge in [0.05, 0.1) is 18.4 Å². The molecule has 0 amide bonds. The standard InChI is InChI=1S/C17H29N3O/c1-17(2,3)16-19-14-12-18-9-8-15(14)20(16)10-11-21-13-6-4-5-7-13/h13,18H,4-12H2,1-3H3. The SMILES string of the molecule is CC(C)(C)c1nc2c(n1CCOC1CCCC1)CCNC2. The minimum atomic E-state index is 0.0880. The predicted octanol–water partition coefficient (Wildman–Crippen LogP) is 2.79. The van der Waals surface area contributed by atoms with Crippen molar-refractivity contribution in [1.29, 1.82) is 0 Å². The molecule has 118 valence electrons. The first-order valence-electron chi connectivity index (χ1n) is 8.47. The molecule has 2 aliphatic rings. The van der Waals surface area contributed by atoms with Gasteiger partial charge in [0.2, 0.25) is 0 Å². The number of aromatic nitrogens is 2. The van der Waals surface area contributed by atoms with E-state index in [-0.39, 0.29) is 5.41 Å². The molecule has 4 nitrogen and oxygen atoms in total. The van der Waals surface area contributed by atoms with Crippen molar-refractivity contribution < 1.29 is 4.74 Å². The fourth-order valence-electron chi connectivity index (χ4n) is 3.55. The minimum absolute atomic E-state index is 0.0880. The highest BCUT2D eigenvalue weighted by Crippen LogP contribution is 2.27. The molecule has 0 saturated heterocycles. The van der Waals surface area contributed by atoms with Crippen LogP contribution in [0.1, 0.15) is 63.7 Å². The predicted molar refractivity (Wildman–Crippen MR) is 84.5 cm³/mol. The van der Waals surface area contributed by atoms with Gasteiger partial charge in [0.1, 0.15) is 5.82 Å². The summed E-state index contributed by atoms with van der Waals surface area (Å²) in [5.74, 6) is 1.21. The second-order valence-corrected chi connectivity index (χ2v) is 7.43. The average Bonchev–Trinajstić information content (AvgIpc) is 3.06. The maximum absolute atomic E-state index is 6.07. The first kappa shape index (κ1) is 15.0. The Morgan fingerprint density at radius 1 is 1.29 bits per heavy atom. The summed E-state index contributed by atoms with van der Waals surface area (Å²) >= 11 is 0. The zero-order chi connectivity index (χ0) is 14.9. The van der Waals surface area contributed by atoms with Crippen LogP contribution < -0.4 is 5.32 Å². The number of nitrogens with one attached hydrogen (secondary N) is 1. The highest BCUT2D eigenvalue weighted by atomic mass is 16.5. The van der Waals surface area contributed by atoms with E-state index in [0.29, 0.717) is 6.10 Å². The van der Waals surface area contributed by atoms with Crippen molar-refractivity contribution in [1.82, 2.24) is 14.9 Å². The molecule has 1 fully saturated rings. The molecule has 1 N–H and O–H groups in total. The molecule has 0 atom stereocenters. The van der Waals surface area contributed by atoms with E-state index in [1.165, 1.54) is 42.9 Å². The van der Waals surface area contributed by atoms with Crippen molar-refractivity contribution in [2.24, 2.45) is 0 Å². The summed E-state index contributed by atoms with van der Waals surface area (Å²) < 4.78 is 8.51. The first-order chi connectivity index (χ1) is 10.1. The van der Waals surface area contributed by atoms with Gasteiger partial charge < -0.3 is 14.6 Å². The molecule has 1 aliphatic carbocycles. The molecule has 0 radical (unpaired) electrons. The molecule has 2 heterocycles. The maximum atomic E-state index is 6.07. The van der Waals surface area contributed by atoms with Crippen LogP contribution in [-0.2, 0) is 29.7 Å². The molecule has 1 saturated carbocycles. The van der Waals surface area contributed by atoms with Crippen molar-refractivity contribution >= 4 is 0 Å². The third kappa shape index (κ3) is 3.32. The molecular weight excluding hydrogens is 262 g/mol. The van der Waals surface area contributed by atoms with E-state index in [2.05, 4.69) is 30.7 Å². The Kier molecular flexibility index (Phi) is 4.36. The first-order valence-corrected chi connectivity index (χ1v) is 8.47. The minimum Gasteiger partial charge on any atom is -0.376 e. The van der Waals surface area contributed by atoms with Gasteiger partial charge in [-0.15, -0.1) is 0 Å². The van der Waals surface area contributed by atoms with Gasteiger partial charge >= 0.3 is 0 Å². The summed E-state index contributed by atoms with van der Waals surface area (Å²) in [4.78, 5) is 4.92. The molecule has 0 spiro atoms. The van der Waals surface area contributed by atoms with Crippen LogP contribution in [0, 0.1) is 0 Å². The van der Waals surface area contributed by atoms with E-state index < -0.39 is 0 Å². The number of rotatable bonds is 4. The van der Waals surface area contributed by atoms with Crippen LogP contribution in [-0.4, -0.2) is 28.8 Å². The van der Waals surface area contributed by atoms with Gasteiger partial charge in [-0.2, -0.15) is 0 Å². The van der Waals surface area contributed by atoms with Gasteiger partial charge in [0.15, 0.2) is 0 Å². The Morgan fingerprint density at radius 3 is 2.76 bits per heavy atom. The summed E-state index contributed by atoms with van der Waals surface area (Å²) in [6.45, 7) is 10.5. The van der Waals surface area contributed by atoms with E-state index in [9.17, 15) is 0 Å². The highest BCUT2D eigenvalue weighted by molar-refractivity contribution is 5.23. The summed E-state index contributed by atoms with van der Waals surface area (Å²) in [5.41, 5.74) is 2.76. The van der Waals surface area contributed by atoms with Crippen molar-refractivity contribution in [3.63, 3.8) is 0 Å². The van der Waals surface area contributed by atoms with Crippen molar-refractivity contribution in [2.75, 3.05) is 13.2 Å². The van der Waals surface area contributed by atoms with Crippen LogP contribution in [0.4, 0.5) is 0 Å². The Morgan fingerprint density at radius 2 is 2.05 bits per heavy atom. The molecule has 3 rings (SSSR count).